The van der Waals surface area contributed by atoms with Gasteiger partial charge in [-0.1, -0.05) is 18.2 Å². The first-order valence-electron chi connectivity index (χ1n) is 9.13. The zero-order valence-electron chi connectivity index (χ0n) is 16.8. The van der Waals surface area contributed by atoms with Crippen molar-refractivity contribution in [3.05, 3.63) is 59.2 Å². The Bertz CT molecular complexity index is 817. The van der Waals surface area contributed by atoms with E-state index in [2.05, 4.69) is 15.6 Å². The number of nitrogens with one attached hydrogen (secondary N) is 2. The third kappa shape index (κ3) is 5.90. The molecule has 150 valence electrons. The molecular weight excluding hydrogens is 356 g/mol. The van der Waals surface area contributed by atoms with E-state index < -0.39 is 0 Å². The Hall–Kier alpha value is -3.22. The van der Waals surface area contributed by atoms with Crippen molar-refractivity contribution in [1.29, 1.82) is 0 Å². The fourth-order valence-corrected chi connectivity index (χ4v) is 2.56. The van der Waals surface area contributed by atoms with E-state index in [0.717, 1.165) is 17.7 Å². The van der Waals surface area contributed by atoms with Crippen LogP contribution in [0.25, 0.3) is 0 Å². The number of phenolic OH excluding ortho intramolecular Hbond substituents is 1. The number of amides is 1. The molecule has 0 atom stereocenters. The number of phenols is 1. The molecule has 0 fully saturated rings. The number of rotatable bonds is 7. The van der Waals surface area contributed by atoms with Crippen LogP contribution in [0.3, 0.4) is 0 Å². The van der Waals surface area contributed by atoms with Gasteiger partial charge in [0, 0.05) is 32.7 Å². The van der Waals surface area contributed by atoms with E-state index in [1.165, 1.54) is 7.11 Å². The van der Waals surface area contributed by atoms with Crippen molar-refractivity contribution >= 4 is 11.9 Å². The lowest BCUT2D eigenvalue weighted by molar-refractivity contribution is 0.0827. The van der Waals surface area contributed by atoms with E-state index in [1.807, 2.05) is 37.3 Å². The second kappa shape index (κ2) is 10.2. The molecule has 28 heavy (non-hydrogen) atoms. The second-order valence-corrected chi connectivity index (χ2v) is 6.45. The van der Waals surface area contributed by atoms with E-state index >= 15 is 0 Å². The predicted molar refractivity (Wildman–Crippen MR) is 111 cm³/mol. The van der Waals surface area contributed by atoms with Crippen LogP contribution in [0, 0.1) is 0 Å². The molecule has 2 rings (SSSR count). The third-order valence-electron chi connectivity index (χ3n) is 4.07. The number of aliphatic imine (C=N–C) groups is 1. The Kier molecular flexibility index (Phi) is 7.68. The minimum absolute atomic E-state index is 0.0165. The number of hydrogen-bond donors (Lipinski definition) is 3. The van der Waals surface area contributed by atoms with Gasteiger partial charge in [-0.25, -0.2) is 4.99 Å². The molecule has 0 saturated carbocycles. The van der Waals surface area contributed by atoms with Crippen LogP contribution in [0.5, 0.6) is 11.5 Å². The fraction of sp³-hybridized carbons (Fsp3) is 0.333. The Morgan fingerprint density at radius 3 is 2.36 bits per heavy atom. The number of methoxy groups -OCH3 is 1. The van der Waals surface area contributed by atoms with Crippen LogP contribution in [-0.2, 0) is 13.1 Å². The van der Waals surface area contributed by atoms with Gasteiger partial charge >= 0.3 is 0 Å². The van der Waals surface area contributed by atoms with E-state index in [0.29, 0.717) is 30.4 Å². The molecule has 3 N–H and O–H groups in total. The van der Waals surface area contributed by atoms with Crippen LogP contribution in [0.1, 0.15) is 28.4 Å². The van der Waals surface area contributed by atoms with Gasteiger partial charge in [-0.2, -0.15) is 0 Å². The van der Waals surface area contributed by atoms with Crippen molar-refractivity contribution in [3.8, 4) is 11.5 Å². The molecule has 0 heterocycles. The lowest BCUT2D eigenvalue weighted by atomic mass is 10.1. The molecule has 0 spiro atoms. The Morgan fingerprint density at radius 1 is 1.11 bits per heavy atom. The quantitative estimate of drug-likeness (QED) is 0.504. The number of benzene rings is 2. The predicted octanol–water partition coefficient (Wildman–Crippen LogP) is 2.36. The van der Waals surface area contributed by atoms with Gasteiger partial charge in [0.2, 0.25) is 0 Å². The number of carbonyl (C=O) groups is 1. The normalized spacial score (nSPS) is 11.1. The summed E-state index contributed by atoms with van der Waals surface area (Å²) in [4.78, 5) is 18.0. The Balaban J connectivity index is 1.99. The minimum atomic E-state index is -0.0165. The van der Waals surface area contributed by atoms with Crippen molar-refractivity contribution in [2.24, 2.45) is 4.99 Å². The standard InChI is InChI=1S/C21H28N4O3/c1-5-22-21(24-14-16-8-11-19(28-4)18(26)12-16)23-13-15-6-9-17(10-7-15)20(27)25(2)3/h6-12,26H,5,13-14H2,1-4H3,(H2,22,23,24). The largest absolute Gasteiger partial charge is 0.504 e. The number of hydrogen-bond acceptors (Lipinski definition) is 4. The smallest absolute Gasteiger partial charge is 0.253 e. The molecule has 0 aliphatic heterocycles. The summed E-state index contributed by atoms with van der Waals surface area (Å²) in [7, 11) is 4.99. The maximum Gasteiger partial charge on any atom is 0.253 e. The SMILES string of the molecule is CCNC(=NCc1ccc(OC)c(O)c1)NCc1ccc(C(=O)N(C)C)cc1. The molecule has 7 heteroatoms. The lowest BCUT2D eigenvalue weighted by Gasteiger charge is -2.13. The molecule has 0 radical (unpaired) electrons. The molecule has 0 aliphatic rings. The number of aromatic hydroxyl groups is 1. The summed E-state index contributed by atoms with van der Waals surface area (Å²) in [5.74, 6) is 1.19. The third-order valence-corrected chi connectivity index (χ3v) is 4.07. The zero-order valence-corrected chi connectivity index (χ0v) is 16.8. The summed E-state index contributed by atoms with van der Waals surface area (Å²) in [5.41, 5.74) is 2.58. The molecule has 0 unspecified atom stereocenters. The van der Waals surface area contributed by atoms with E-state index in [-0.39, 0.29) is 11.7 Å². The topological polar surface area (TPSA) is 86.2 Å². The Morgan fingerprint density at radius 2 is 1.79 bits per heavy atom. The van der Waals surface area contributed by atoms with Gasteiger partial charge in [0.05, 0.1) is 13.7 Å². The van der Waals surface area contributed by atoms with Gasteiger partial charge in [0.25, 0.3) is 5.91 Å². The molecule has 7 nitrogen and oxygen atoms in total. The van der Waals surface area contributed by atoms with Crippen molar-refractivity contribution < 1.29 is 14.6 Å². The van der Waals surface area contributed by atoms with Crippen LogP contribution in [0.4, 0.5) is 0 Å². The number of carbonyl (C=O) groups excluding carboxylic acids is 1. The van der Waals surface area contributed by atoms with E-state index in [1.54, 1.807) is 31.1 Å². The van der Waals surface area contributed by atoms with Crippen molar-refractivity contribution in [2.45, 2.75) is 20.0 Å². The summed E-state index contributed by atoms with van der Waals surface area (Å²) in [6, 6.07) is 12.7. The van der Waals surface area contributed by atoms with Crippen LogP contribution in [0.2, 0.25) is 0 Å². The van der Waals surface area contributed by atoms with Crippen molar-refractivity contribution in [2.75, 3.05) is 27.7 Å². The molecule has 0 aromatic heterocycles. The van der Waals surface area contributed by atoms with Crippen LogP contribution >= 0.6 is 0 Å². The number of guanidine groups is 1. The summed E-state index contributed by atoms with van der Waals surface area (Å²) in [6.45, 7) is 3.73. The highest BCUT2D eigenvalue weighted by Gasteiger charge is 2.07. The van der Waals surface area contributed by atoms with Crippen molar-refractivity contribution in [3.63, 3.8) is 0 Å². The lowest BCUT2D eigenvalue weighted by Crippen LogP contribution is -2.36. The van der Waals surface area contributed by atoms with Crippen LogP contribution in [0.15, 0.2) is 47.5 Å². The molecule has 2 aromatic carbocycles. The second-order valence-electron chi connectivity index (χ2n) is 6.45. The van der Waals surface area contributed by atoms with E-state index in [4.69, 9.17) is 4.74 Å². The maximum absolute atomic E-state index is 11.9. The van der Waals surface area contributed by atoms with Gasteiger partial charge in [-0.15, -0.1) is 0 Å². The highest BCUT2D eigenvalue weighted by atomic mass is 16.5. The number of ether oxygens (including phenoxy) is 1. The monoisotopic (exact) mass is 384 g/mol. The highest BCUT2D eigenvalue weighted by molar-refractivity contribution is 5.93. The molecule has 0 aliphatic carbocycles. The molecular formula is C21H28N4O3. The fourth-order valence-electron chi connectivity index (χ4n) is 2.56. The zero-order chi connectivity index (χ0) is 20.5. The van der Waals surface area contributed by atoms with Gasteiger partial charge < -0.3 is 25.4 Å². The Labute approximate surface area is 166 Å². The molecule has 2 aromatic rings. The van der Waals surface area contributed by atoms with Crippen LogP contribution < -0.4 is 15.4 Å². The van der Waals surface area contributed by atoms with Gasteiger partial charge in [-0.05, 0) is 42.3 Å². The minimum Gasteiger partial charge on any atom is -0.504 e. The van der Waals surface area contributed by atoms with Crippen molar-refractivity contribution in [1.82, 2.24) is 15.5 Å². The first-order chi connectivity index (χ1) is 13.4. The number of nitrogens with zero attached hydrogens (tertiary/aromatic N) is 2. The van der Waals surface area contributed by atoms with Crippen LogP contribution in [-0.4, -0.2) is 49.6 Å². The average molecular weight is 384 g/mol. The van der Waals surface area contributed by atoms with Gasteiger partial charge in [-0.3, -0.25) is 4.79 Å². The first kappa shape index (κ1) is 21.1. The van der Waals surface area contributed by atoms with E-state index in [9.17, 15) is 9.90 Å². The maximum atomic E-state index is 11.9. The van der Waals surface area contributed by atoms with Gasteiger partial charge in [0.15, 0.2) is 17.5 Å². The van der Waals surface area contributed by atoms with Gasteiger partial charge in [0.1, 0.15) is 0 Å². The molecule has 0 saturated heterocycles. The highest BCUT2D eigenvalue weighted by Crippen LogP contribution is 2.26. The summed E-state index contributed by atoms with van der Waals surface area (Å²) in [6.07, 6.45) is 0. The summed E-state index contributed by atoms with van der Waals surface area (Å²) in [5, 5.41) is 16.3. The molecule has 0 bridgehead atoms. The summed E-state index contributed by atoms with van der Waals surface area (Å²) < 4.78 is 5.05. The average Bonchev–Trinajstić information content (AvgIpc) is 2.70. The summed E-state index contributed by atoms with van der Waals surface area (Å²) >= 11 is 0. The first-order valence-corrected chi connectivity index (χ1v) is 9.13. The molecule has 1 amide bonds.